The second-order valence-corrected chi connectivity index (χ2v) is 4.69. The third-order valence-electron chi connectivity index (χ3n) is 2.95. The second-order valence-electron chi connectivity index (χ2n) is 4.69. The molecule has 1 atom stereocenters. The lowest BCUT2D eigenvalue weighted by atomic mass is 10.1. The first-order valence-electron chi connectivity index (χ1n) is 6.94. The van der Waals surface area contributed by atoms with Gasteiger partial charge in [-0.15, -0.1) is 0 Å². The van der Waals surface area contributed by atoms with E-state index in [1.165, 1.54) is 0 Å². The maximum Gasteiger partial charge on any atom is 0.326 e. The van der Waals surface area contributed by atoms with Crippen molar-refractivity contribution in [1.29, 1.82) is 0 Å². The zero-order valence-corrected chi connectivity index (χ0v) is 11.8. The summed E-state index contributed by atoms with van der Waals surface area (Å²) in [5.74, 6) is -1.03. The molecule has 0 saturated heterocycles. The van der Waals surface area contributed by atoms with E-state index in [4.69, 9.17) is 5.11 Å². The smallest absolute Gasteiger partial charge is 0.326 e. The molecule has 0 fully saturated rings. The van der Waals surface area contributed by atoms with Gasteiger partial charge in [-0.1, -0.05) is 50.1 Å². The number of benzene rings is 1. The van der Waals surface area contributed by atoms with E-state index in [1.807, 2.05) is 30.3 Å². The fraction of sp³-hybridized carbons (Fsp3) is 0.467. The first-order chi connectivity index (χ1) is 9.63. The standard InChI is InChI=1S/C15H22N2O3/c1-2-3-7-10-16-15(20)17-13(14(18)19)11-12-8-5-4-6-9-12/h4-6,8-9,13H,2-3,7,10-11H2,1H3,(H,18,19)(H2,16,17,20)/t13-/m0/s1. The third kappa shape index (κ3) is 6.22. The van der Waals surface area contributed by atoms with Crippen LogP contribution < -0.4 is 10.6 Å². The van der Waals surface area contributed by atoms with Crippen LogP contribution in [0.5, 0.6) is 0 Å². The fourth-order valence-corrected chi connectivity index (χ4v) is 1.84. The fourth-order valence-electron chi connectivity index (χ4n) is 1.84. The van der Waals surface area contributed by atoms with Gasteiger partial charge in [-0.3, -0.25) is 0 Å². The van der Waals surface area contributed by atoms with Crippen molar-refractivity contribution in [1.82, 2.24) is 10.6 Å². The number of carbonyl (C=O) groups excluding carboxylic acids is 1. The van der Waals surface area contributed by atoms with Crippen LogP contribution in [-0.4, -0.2) is 29.7 Å². The van der Waals surface area contributed by atoms with E-state index in [1.54, 1.807) is 0 Å². The summed E-state index contributed by atoms with van der Waals surface area (Å²) in [6, 6.07) is 7.91. The highest BCUT2D eigenvalue weighted by atomic mass is 16.4. The third-order valence-corrected chi connectivity index (χ3v) is 2.95. The number of carboxylic acid groups (broad SMARTS) is 1. The van der Waals surface area contributed by atoms with Gasteiger partial charge < -0.3 is 15.7 Å². The topological polar surface area (TPSA) is 78.4 Å². The van der Waals surface area contributed by atoms with Crippen LogP contribution in [-0.2, 0) is 11.2 Å². The molecule has 2 amide bonds. The molecule has 20 heavy (non-hydrogen) atoms. The molecule has 0 saturated carbocycles. The number of hydrogen-bond acceptors (Lipinski definition) is 2. The van der Waals surface area contributed by atoms with Crippen LogP contribution >= 0.6 is 0 Å². The minimum Gasteiger partial charge on any atom is -0.480 e. The minimum atomic E-state index is -1.03. The highest BCUT2D eigenvalue weighted by molar-refractivity contribution is 5.82. The summed E-state index contributed by atoms with van der Waals surface area (Å²) in [4.78, 5) is 22.8. The van der Waals surface area contributed by atoms with Gasteiger partial charge in [0, 0.05) is 13.0 Å². The number of unbranched alkanes of at least 4 members (excludes halogenated alkanes) is 2. The molecule has 5 nitrogen and oxygen atoms in total. The predicted octanol–water partition coefficient (Wildman–Crippen LogP) is 2.17. The van der Waals surface area contributed by atoms with Crippen LogP contribution in [0, 0.1) is 0 Å². The summed E-state index contributed by atoms with van der Waals surface area (Å²) in [6.45, 7) is 2.65. The molecular weight excluding hydrogens is 256 g/mol. The molecule has 1 aromatic carbocycles. The van der Waals surface area contributed by atoms with Crippen LogP contribution in [0.1, 0.15) is 31.7 Å². The number of amides is 2. The number of rotatable bonds is 8. The maximum absolute atomic E-state index is 11.6. The summed E-state index contributed by atoms with van der Waals surface area (Å²) >= 11 is 0. The molecule has 0 heterocycles. The molecule has 0 aliphatic carbocycles. The van der Waals surface area contributed by atoms with E-state index < -0.39 is 18.0 Å². The minimum absolute atomic E-state index is 0.276. The summed E-state index contributed by atoms with van der Waals surface area (Å²) in [5.41, 5.74) is 0.881. The molecule has 0 aromatic heterocycles. The normalized spacial score (nSPS) is 11.7. The molecule has 1 aromatic rings. The average molecular weight is 278 g/mol. The number of carboxylic acids is 1. The Morgan fingerprint density at radius 2 is 1.90 bits per heavy atom. The lowest BCUT2D eigenvalue weighted by Gasteiger charge is -2.15. The van der Waals surface area contributed by atoms with Gasteiger partial charge >= 0.3 is 12.0 Å². The predicted molar refractivity (Wildman–Crippen MR) is 77.6 cm³/mol. The zero-order chi connectivity index (χ0) is 14.8. The van der Waals surface area contributed by atoms with Crippen LogP contribution in [0.4, 0.5) is 4.79 Å². The molecular formula is C15H22N2O3. The van der Waals surface area contributed by atoms with Crippen LogP contribution in [0.25, 0.3) is 0 Å². The van der Waals surface area contributed by atoms with E-state index in [2.05, 4.69) is 17.6 Å². The van der Waals surface area contributed by atoms with Crippen LogP contribution in [0.2, 0.25) is 0 Å². The van der Waals surface area contributed by atoms with Crippen molar-refractivity contribution < 1.29 is 14.7 Å². The number of urea groups is 1. The number of carbonyl (C=O) groups is 2. The van der Waals surface area contributed by atoms with E-state index in [-0.39, 0.29) is 6.42 Å². The van der Waals surface area contributed by atoms with Gasteiger partial charge in [-0.25, -0.2) is 9.59 Å². The Labute approximate surface area is 119 Å². The van der Waals surface area contributed by atoms with Crippen LogP contribution in [0.3, 0.4) is 0 Å². The van der Waals surface area contributed by atoms with Crippen molar-refractivity contribution in [3.8, 4) is 0 Å². The van der Waals surface area contributed by atoms with E-state index in [9.17, 15) is 9.59 Å². The molecule has 0 unspecified atom stereocenters. The second kappa shape index (κ2) is 8.96. The van der Waals surface area contributed by atoms with Gasteiger partial charge in [0.25, 0.3) is 0 Å². The first-order valence-corrected chi connectivity index (χ1v) is 6.94. The van der Waals surface area contributed by atoms with Gasteiger partial charge in [-0.05, 0) is 12.0 Å². The molecule has 0 aliphatic heterocycles. The summed E-state index contributed by atoms with van der Waals surface area (Å²) < 4.78 is 0. The van der Waals surface area contributed by atoms with E-state index >= 15 is 0 Å². The van der Waals surface area contributed by atoms with E-state index in [0.717, 1.165) is 24.8 Å². The first kappa shape index (κ1) is 16.0. The van der Waals surface area contributed by atoms with Gasteiger partial charge in [0.15, 0.2) is 0 Å². The van der Waals surface area contributed by atoms with Crippen molar-refractivity contribution >= 4 is 12.0 Å². The monoisotopic (exact) mass is 278 g/mol. The van der Waals surface area contributed by atoms with Crippen molar-refractivity contribution in [3.63, 3.8) is 0 Å². The Hall–Kier alpha value is -2.04. The van der Waals surface area contributed by atoms with Gasteiger partial charge in [0.2, 0.25) is 0 Å². The molecule has 1 rings (SSSR count). The van der Waals surface area contributed by atoms with E-state index in [0.29, 0.717) is 6.54 Å². The molecule has 0 radical (unpaired) electrons. The Morgan fingerprint density at radius 3 is 2.50 bits per heavy atom. The number of hydrogen-bond donors (Lipinski definition) is 3. The molecule has 0 spiro atoms. The quantitative estimate of drug-likeness (QED) is 0.638. The average Bonchev–Trinajstić information content (AvgIpc) is 2.44. The van der Waals surface area contributed by atoms with Gasteiger partial charge in [-0.2, -0.15) is 0 Å². The Balaban J connectivity index is 2.43. The van der Waals surface area contributed by atoms with Crippen molar-refractivity contribution in [2.75, 3.05) is 6.54 Å². The summed E-state index contributed by atoms with van der Waals surface area (Å²) in [6.07, 6.45) is 3.31. The summed E-state index contributed by atoms with van der Waals surface area (Å²) in [7, 11) is 0. The van der Waals surface area contributed by atoms with Crippen molar-refractivity contribution in [2.24, 2.45) is 0 Å². The van der Waals surface area contributed by atoms with Crippen molar-refractivity contribution in [3.05, 3.63) is 35.9 Å². The number of nitrogens with one attached hydrogen (secondary N) is 2. The Morgan fingerprint density at radius 1 is 1.20 bits per heavy atom. The highest BCUT2D eigenvalue weighted by Crippen LogP contribution is 2.03. The maximum atomic E-state index is 11.6. The van der Waals surface area contributed by atoms with Gasteiger partial charge in [0.05, 0.1) is 0 Å². The lowest BCUT2D eigenvalue weighted by molar-refractivity contribution is -0.139. The highest BCUT2D eigenvalue weighted by Gasteiger charge is 2.19. The molecule has 3 N–H and O–H groups in total. The largest absolute Gasteiger partial charge is 0.480 e. The SMILES string of the molecule is CCCCCNC(=O)N[C@@H](Cc1ccccc1)C(=O)O. The lowest BCUT2D eigenvalue weighted by Crippen LogP contribution is -2.47. The number of aliphatic carboxylic acids is 1. The van der Waals surface area contributed by atoms with Crippen molar-refractivity contribution in [2.45, 2.75) is 38.6 Å². The Bertz CT molecular complexity index is 420. The van der Waals surface area contributed by atoms with Gasteiger partial charge in [0.1, 0.15) is 6.04 Å². The molecule has 5 heteroatoms. The molecule has 110 valence electrons. The summed E-state index contributed by atoms with van der Waals surface area (Å²) in [5, 5.41) is 14.3. The Kier molecular flexibility index (Phi) is 7.17. The molecule has 0 bridgehead atoms. The van der Waals surface area contributed by atoms with Crippen LogP contribution in [0.15, 0.2) is 30.3 Å². The zero-order valence-electron chi connectivity index (χ0n) is 11.8. The molecule has 0 aliphatic rings.